The van der Waals surface area contributed by atoms with E-state index in [9.17, 15) is 26.7 Å². The summed E-state index contributed by atoms with van der Waals surface area (Å²) in [5.41, 5.74) is 1.37. The Bertz CT molecular complexity index is 1310. The molecular formula is C24H16F5N3O2. The lowest BCUT2D eigenvalue weighted by molar-refractivity contribution is 0.102. The first-order valence-electron chi connectivity index (χ1n) is 9.94. The van der Waals surface area contributed by atoms with Crippen LogP contribution in [0.5, 0.6) is 5.75 Å². The van der Waals surface area contributed by atoms with Crippen LogP contribution in [0, 0.1) is 29.1 Å². The highest BCUT2D eigenvalue weighted by atomic mass is 19.2. The van der Waals surface area contributed by atoms with Crippen molar-refractivity contribution < 1.29 is 31.5 Å². The number of nitrogens with one attached hydrogen (secondary N) is 1. The number of hydrogen-bond acceptors (Lipinski definition) is 3. The van der Waals surface area contributed by atoms with Crippen LogP contribution in [0.4, 0.5) is 27.8 Å². The van der Waals surface area contributed by atoms with Gasteiger partial charge in [-0.15, -0.1) is 0 Å². The number of ether oxygens (including phenoxy) is 1. The Morgan fingerprint density at radius 2 is 1.59 bits per heavy atom. The van der Waals surface area contributed by atoms with Gasteiger partial charge in [0.2, 0.25) is 11.6 Å². The summed E-state index contributed by atoms with van der Waals surface area (Å²) < 4.78 is 73.6. The normalized spacial score (nSPS) is 10.9. The van der Waals surface area contributed by atoms with Gasteiger partial charge in [0.25, 0.3) is 5.91 Å². The molecule has 3 aromatic carbocycles. The molecule has 0 aliphatic carbocycles. The molecule has 1 N–H and O–H groups in total. The molecule has 34 heavy (non-hydrogen) atoms. The van der Waals surface area contributed by atoms with Gasteiger partial charge in [-0.05, 0) is 35.4 Å². The van der Waals surface area contributed by atoms with Crippen LogP contribution in [0.3, 0.4) is 0 Å². The van der Waals surface area contributed by atoms with E-state index in [2.05, 4.69) is 10.4 Å². The first-order valence-corrected chi connectivity index (χ1v) is 9.94. The first-order chi connectivity index (χ1) is 16.3. The third-order valence-electron chi connectivity index (χ3n) is 4.79. The fraction of sp³-hybridized carbons (Fsp3) is 0.0833. The second-order valence-corrected chi connectivity index (χ2v) is 7.27. The number of halogens is 5. The second-order valence-electron chi connectivity index (χ2n) is 7.27. The van der Waals surface area contributed by atoms with Crippen LogP contribution in [0.2, 0.25) is 0 Å². The number of carbonyl (C=O) groups is 1. The third-order valence-corrected chi connectivity index (χ3v) is 4.79. The maximum atomic E-state index is 13.7. The zero-order valence-electron chi connectivity index (χ0n) is 17.4. The van der Waals surface area contributed by atoms with E-state index in [0.29, 0.717) is 17.7 Å². The van der Waals surface area contributed by atoms with Crippen molar-refractivity contribution in [3.8, 4) is 5.75 Å². The van der Waals surface area contributed by atoms with Crippen molar-refractivity contribution in [2.45, 2.75) is 13.2 Å². The van der Waals surface area contributed by atoms with Crippen LogP contribution in [0.15, 0.2) is 66.9 Å². The van der Waals surface area contributed by atoms with E-state index in [1.807, 2.05) is 0 Å². The van der Waals surface area contributed by atoms with E-state index in [4.69, 9.17) is 4.74 Å². The maximum absolute atomic E-state index is 13.7. The molecule has 0 aliphatic rings. The smallest absolute Gasteiger partial charge is 0.256 e. The number of benzene rings is 3. The van der Waals surface area contributed by atoms with E-state index < -0.39 is 34.9 Å². The SMILES string of the molecule is O=C(Nc1ccn(Cc2cccc(F)c2)n1)c1ccc(COc2c(F)c(F)cc(F)c2F)cc1. The summed E-state index contributed by atoms with van der Waals surface area (Å²) in [6.45, 7) is -0.0676. The summed E-state index contributed by atoms with van der Waals surface area (Å²) in [5.74, 6) is -8.10. The average molecular weight is 473 g/mol. The fourth-order valence-corrected chi connectivity index (χ4v) is 3.11. The molecule has 0 spiro atoms. The van der Waals surface area contributed by atoms with Gasteiger partial charge in [-0.25, -0.2) is 13.2 Å². The predicted octanol–water partition coefficient (Wildman–Crippen LogP) is 5.46. The van der Waals surface area contributed by atoms with Gasteiger partial charge in [0.05, 0.1) is 6.54 Å². The molecule has 10 heteroatoms. The summed E-state index contributed by atoms with van der Waals surface area (Å²) >= 11 is 0. The Kier molecular flexibility index (Phi) is 6.58. The average Bonchev–Trinajstić information content (AvgIpc) is 3.24. The highest BCUT2D eigenvalue weighted by Crippen LogP contribution is 2.27. The minimum atomic E-state index is -1.63. The molecule has 5 nitrogen and oxygen atoms in total. The molecule has 0 atom stereocenters. The van der Waals surface area contributed by atoms with Gasteiger partial charge in [0, 0.05) is 23.9 Å². The maximum Gasteiger partial charge on any atom is 0.256 e. The minimum absolute atomic E-state index is 0.0927. The number of amides is 1. The van der Waals surface area contributed by atoms with Crippen LogP contribution >= 0.6 is 0 Å². The molecule has 0 saturated carbocycles. The van der Waals surface area contributed by atoms with Gasteiger partial charge in [-0.3, -0.25) is 9.48 Å². The Morgan fingerprint density at radius 3 is 2.26 bits per heavy atom. The molecule has 1 aromatic heterocycles. The number of nitrogens with zero attached hydrogens (tertiary/aromatic N) is 2. The summed E-state index contributed by atoms with van der Waals surface area (Å²) in [5, 5.41) is 6.84. The molecule has 0 saturated heterocycles. The van der Waals surface area contributed by atoms with Gasteiger partial charge in [0.1, 0.15) is 12.4 Å². The summed E-state index contributed by atoms with van der Waals surface area (Å²) in [6.07, 6.45) is 1.63. The van der Waals surface area contributed by atoms with Gasteiger partial charge in [0.15, 0.2) is 23.2 Å². The Labute approximate surface area is 190 Å². The van der Waals surface area contributed by atoms with Gasteiger partial charge < -0.3 is 10.1 Å². The topological polar surface area (TPSA) is 56.2 Å². The molecule has 0 aliphatic heterocycles. The molecule has 0 fully saturated rings. The van der Waals surface area contributed by atoms with E-state index in [-0.39, 0.29) is 29.9 Å². The van der Waals surface area contributed by atoms with Crippen molar-refractivity contribution in [2.75, 3.05) is 5.32 Å². The molecule has 0 radical (unpaired) electrons. The molecular weight excluding hydrogens is 457 g/mol. The summed E-state index contributed by atoms with van der Waals surface area (Å²) in [6, 6.07) is 13.6. The van der Waals surface area contributed by atoms with Crippen molar-refractivity contribution in [1.29, 1.82) is 0 Å². The van der Waals surface area contributed by atoms with Crippen LogP contribution in [-0.2, 0) is 13.2 Å². The molecule has 0 bridgehead atoms. The van der Waals surface area contributed by atoms with Crippen molar-refractivity contribution >= 4 is 11.7 Å². The van der Waals surface area contributed by atoms with Crippen LogP contribution in [0.25, 0.3) is 0 Å². The largest absolute Gasteiger partial charge is 0.483 e. The molecule has 4 rings (SSSR count). The van der Waals surface area contributed by atoms with Gasteiger partial charge >= 0.3 is 0 Å². The quantitative estimate of drug-likeness (QED) is 0.287. The summed E-state index contributed by atoms with van der Waals surface area (Å²) in [4.78, 5) is 12.5. The summed E-state index contributed by atoms with van der Waals surface area (Å²) in [7, 11) is 0. The highest BCUT2D eigenvalue weighted by Gasteiger charge is 2.20. The lowest BCUT2D eigenvalue weighted by Gasteiger charge is -2.10. The van der Waals surface area contributed by atoms with E-state index in [0.717, 1.165) is 0 Å². The fourth-order valence-electron chi connectivity index (χ4n) is 3.11. The van der Waals surface area contributed by atoms with E-state index >= 15 is 0 Å². The number of aromatic nitrogens is 2. The van der Waals surface area contributed by atoms with E-state index in [1.165, 1.54) is 36.4 Å². The zero-order chi connectivity index (χ0) is 24.2. The highest BCUT2D eigenvalue weighted by molar-refractivity contribution is 6.03. The predicted molar refractivity (Wildman–Crippen MR) is 113 cm³/mol. The van der Waals surface area contributed by atoms with Crippen molar-refractivity contribution in [3.63, 3.8) is 0 Å². The van der Waals surface area contributed by atoms with Gasteiger partial charge in [-0.2, -0.15) is 13.9 Å². The van der Waals surface area contributed by atoms with E-state index in [1.54, 1.807) is 29.1 Å². The standard InChI is InChI=1S/C24H16F5N3O2/c25-17-3-1-2-15(10-17)12-32-9-8-20(31-32)30-24(33)16-6-4-14(5-7-16)13-34-23-21(28)18(26)11-19(27)22(23)29/h1-11H,12-13H2,(H,30,31,33). The molecule has 4 aromatic rings. The Balaban J connectivity index is 1.36. The lowest BCUT2D eigenvalue weighted by atomic mass is 10.1. The van der Waals surface area contributed by atoms with Crippen molar-refractivity contribution in [1.82, 2.24) is 9.78 Å². The van der Waals surface area contributed by atoms with Crippen molar-refractivity contribution in [2.24, 2.45) is 0 Å². The number of anilines is 1. The molecule has 1 heterocycles. The molecule has 0 unspecified atom stereocenters. The molecule has 174 valence electrons. The Hall–Kier alpha value is -4.21. The second kappa shape index (κ2) is 9.74. The van der Waals surface area contributed by atoms with Crippen molar-refractivity contribution in [3.05, 3.63) is 113 Å². The minimum Gasteiger partial charge on any atom is -0.483 e. The lowest BCUT2D eigenvalue weighted by Crippen LogP contribution is -2.13. The monoisotopic (exact) mass is 473 g/mol. The Morgan fingerprint density at radius 1 is 0.882 bits per heavy atom. The zero-order valence-corrected chi connectivity index (χ0v) is 17.4. The van der Waals surface area contributed by atoms with Crippen LogP contribution < -0.4 is 10.1 Å². The third kappa shape index (κ3) is 5.22. The number of carbonyl (C=O) groups excluding carboxylic acids is 1. The first kappa shape index (κ1) is 23.0. The number of rotatable bonds is 7. The van der Waals surface area contributed by atoms with Crippen LogP contribution in [0.1, 0.15) is 21.5 Å². The van der Waals surface area contributed by atoms with Crippen LogP contribution in [-0.4, -0.2) is 15.7 Å². The molecule has 1 amide bonds. The number of hydrogen-bond donors (Lipinski definition) is 1. The van der Waals surface area contributed by atoms with Gasteiger partial charge in [-0.1, -0.05) is 24.3 Å².